The van der Waals surface area contributed by atoms with Crippen LogP contribution in [0.15, 0.2) is 24.3 Å². The van der Waals surface area contributed by atoms with Gasteiger partial charge in [-0.1, -0.05) is 12.1 Å². The van der Waals surface area contributed by atoms with Gasteiger partial charge in [0.05, 0.1) is 11.3 Å². The van der Waals surface area contributed by atoms with E-state index in [1.54, 1.807) is 19.2 Å². The largest absolute Gasteiger partial charge is 0.287 e. The van der Waals surface area contributed by atoms with Crippen LogP contribution in [0.25, 0.3) is 0 Å². The van der Waals surface area contributed by atoms with Gasteiger partial charge < -0.3 is 0 Å². The second-order valence-electron chi connectivity index (χ2n) is 2.11. The quantitative estimate of drug-likeness (QED) is 0.598. The lowest BCUT2D eigenvalue weighted by Gasteiger charge is -2.09. The molecular weight excluding hydrogens is 160 g/mol. The molecule has 0 aromatic heterocycles. The van der Waals surface area contributed by atoms with Gasteiger partial charge in [-0.05, 0) is 12.1 Å². The molecule has 0 amide bonds. The van der Waals surface area contributed by atoms with E-state index >= 15 is 0 Å². The van der Waals surface area contributed by atoms with Crippen molar-refractivity contribution in [3.8, 4) is 6.07 Å². The minimum atomic E-state index is 0.588. The molecule has 0 heterocycles. The zero-order valence-corrected chi connectivity index (χ0v) is 6.84. The lowest BCUT2D eigenvalue weighted by molar-refractivity contribution is 1.32. The number of nitrogens with zero attached hydrogens (tertiary/aromatic N) is 2. The standard InChI is InChI=1S/C8H7ClN2/c1-11(9)8-5-3-2-4-7(8)6-10/h2-5H,1H3. The van der Waals surface area contributed by atoms with Gasteiger partial charge in [0.1, 0.15) is 6.07 Å². The van der Waals surface area contributed by atoms with Crippen LogP contribution in [0.5, 0.6) is 0 Å². The second-order valence-corrected chi connectivity index (χ2v) is 2.61. The van der Waals surface area contributed by atoms with E-state index in [9.17, 15) is 0 Å². The average molecular weight is 167 g/mol. The highest BCUT2D eigenvalue weighted by Gasteiger charge is 2.01. The fourth-order valence-corrected chi connectivity index (χ4v) is 0.984. The Morgan fingerprint density at radius 1 is 1.45 bits per heavy atom. The summed E-state index contributed by atoms with van der Waals surface area (Å²) >= 11 is 5.67. The molecule has 56 valence electrons. The Kier molecular flexibility index (Phi) is 2.35. The zero-order valence-electron chi connectivity index (χ0n) is 6.08. The summed E-state index contributed by atoms with van der Waals surface area (Å²) in [4.78, 5) is 0. The van der Waals surface area contributed by atoms with Crippen LogP contribution in [0.4, 0.5) is 5.69 Å². The summed E-state index contributed by atoms with van der Waals surface area (Å²) in [6.45, 7) is 0. The Bertz CT molecular complexity index is 288. The van der Waals surface area contributed by atoms with Crippen LogP contribution >= 0.6 is 11.8 Å². The average Bonchev–Trinajstić information content (AvgIpc) is 2.04. The number of para-hydroxylation sites is 1. The molecule has 0 saturated heterocycles. The van der Waals surface area contributed by atoms with Gasteiger partial charge in [-0.2, -0.15) is 5.26 Å². The minimum Gasteiger partial charge on any atom is -0.287 e. The van der Waals surface area contributed by atoms with Crippen molar-refractivity contribution in [1.82, 2.24) is 0 Å². The van der Waals surface area contributed by atoms with Crippen LogP contribution in [0.2, 0.25) is 0 Å². The predicted molar refractivity (Wildman–Crippen MR) is 45.4 cm³/mol. The smallest absolute Gasteiger partial charge is 0.101 e. The van der Waals surface area contributed by atoms with Crippen LogP contribution in [0, 0.1) is 11.3 Å². The molecule has 0 N–H and O–H groups in total. The third kappa shape index (κ3) is 1.63. The molecule has 0 aliphatic carbocycles. The van der Waals surface area contributed by atoms with Gasteiger partial charge in [0.15, 0.2) is 0 Å². The van der Waals surface area contributed by atoms with E-state index in [0.29, 0.717) is 5.56 Å². The van der Waals surface area contributed by atoms with Gasteiger partial charge >= 0.3 is 0 Å². The molecule has 0 aliphatic rings. The first kappa shape index (κ1) is 7.90. The van der Waals surface area contributed by atoms with Crippen molar-refractivity contribution in [1.29, 1.82) is 5.26 Å². The lowest BCUT2D eigenvalue weighted by Crippen LogP contribution is -2.02. The van der Waals surface area contributed by atoms with Crippen molar-refractivity contribution in [2.75, 3.05) is 11.5 Å². The van der Waals surface area contributed by atoms with E-state index in [4.69, 9.17) is 17.0 Å². The van der Waals surface area contributed by atoms with Crippen LogP contribution in [-0.2, 0) is 0 Å². The first-order valence-electron chi connectivity index (χ1n) is 3.14. The Balaban J connectivity index is 3.15. The van der Waals surface area contributed by atoms with Crippen molar-refractivity contribution < 1.29 is 0 Å². The number of hydrogen-bond acceptors (Lipinski definition) is 2. The molecule has 11 heavy (non-hydrogen) atoms. The number of halogens is 1. The molecule has 2 nitrogen and oxygen atoms in total. The second kappa shape index (κ2) is 3.27. The summed E-state index contributed by atoms with van der Waals surface area (Å²) in [5.74, 6) is 0. The minimum absolute atomic E-state index is 0.588. The number of hydrogen-bond donors (Lipinski definition) is 0. The maximum Gasteiger partial charge on any atom is 0.101 e. The topological polar surface area (TPSA) is 27.0 Å². The molecule has 0 spiro atoms. The molecule has 0 bridgehead atoms. The lowest BCUT2D eigenvalue weighted by atomic mass is 10.2. The summed E-state index contributed by atoms with van der Waals surface area (Å²) in [7, 11) is 1.69. The van der Waals surface area contributed by atoms with Crippen molar-refractivity contribution in [3.63, 3.8) is 0 Å². The summed E-state index contributed by atoms with van der Waals surface area (Å²) in [6.07, 6.45) is 0. The molecule has 0 saturated carbocycles. The summed E-state index contributed by atoms with van der Waals surface area (Å²) in [5.41, 5.74) is 1.32. The number of rotatable bonds is 1. The van der Waals surface area contributed by atoms with Gasteiger partial charge in [-0.15, -0.1) is 0 Å². The van der Waals surface area contributed by atoms with Crippen LogP contribution in [0.1, 0.15) is 5.56 Å². The van der Waals surface area contributed by atoms with Gasteiger partial charge in [0.2, 0.25) is 0 Å². The van der Waals surface area contributed by atoms with Crippen LogP contribution in [-0.4, -0.2) is 7.05 Å². The Morgan fingerprint density at radius 3 is 2.55 bits per heavy atom. The highest BCUT2D eigenvalue weighted by atomic mass is 35.5. The fraction of sp³-hybridized carbons (Fsp3) is 0.125. The SMILES string of the molecule is CN(Cl)c1ccccc1C#N. The molecule has 0 atom stereocenters. The van der Waals surface area contributed by atoms with Gasteiger partial charge in [-0.3, -0.25) is 4.42 Å². The Labute approximate surface area is 70.7 Å². The highest BCUT2D eigenvalue weighted by Crippen LogP contribution is 2.18. The molecule has 1 aromatic carbocycles. The van der Waals surface area contributed by atoms with Gasteiger partial charge in [0.25, 0.3) is 0 Å². The van der Waals surface area contributed by atoms with Crippen LogP contribution < -0.4 is 4.42 Å². The highest BCUT2D eigenvalue weighted by molar-refractivity contribution is 6.25. The van der Waals surface area contributed by atoms with Crippen molar-refractivity contribution in [3.05, 3.63) is 29.8 Å². The number of anilines is 1. The third-order valence-electron chi connectivity index (χ3n) is 1.36. The Morgan fingerprint density at radius 2 is 2.09 bits per heavy atom. The van der Waals surface area contributed by atoms with E-state index in [1.165, 1.54) is 4.42 Å². The fourth-order valence-electron chi connectivity index (χ4n) is 0.837. The molecule has 3 heteroatoms. The maximum absolute atomic E-state index is 8.63. The molecular formula is C8H7ClN2. The third-order valence-corrected chi connectivity index (χ3v) is 1.54. The molecule has 1 aromatic rings. The van der Waals surface area contributed by atoms with E-state index in [0.717, 1.165) is 5.69 Å². The predicted octanol–water partition coefficient (Wildman–Crippen LogP) is 2.15. The zero-order chi connectivity index (χ0) is 8.27. The first-order chi connectivity index (χ1) is 5.25. The maximum atomic E-state index is 8.63. The monoisotopic (exact) mass is 166 g/mol. The van der Waals surface area contributed by atoms with Crippen LogP contribution in [0.3, 0.4) is 0 Å². The van der Waals surface area contributed by atoms with Crippen molar-refractivity contribution >= 4 is 17.5 Å². The summed E-state index contributed by atoms with van der Waals surface area (Å²) < 4.78 is 1.40. The molecule has 1 rings (SSSR count). The summed E-state index contributed by atoms with van der Waals surface area (Å²) in [6, 6.07) is 9.23. The molecule has 0 fully saturated rings. The first-order valence-corrected chi connectivity index (χ1v) is 3.48. The molecule has 0 radical (unpaired) electrons. The van der Waals surface area contributed by atoms with Gasteiger partial charge in [0, 0.05) is 18.8 Å². The Hall–Kier alpha value is -1.20. The van der Waals surface area contributed by atoms with E-state index in [1.807, 2.05) is 12.1 Å². The normalized spacial score (nSPS) is 8.82. The summed E-state index contributed by atoms with van der Waals surface area (Å²) in [5, 5.41) is 8.63. The van der Waals surface area contributed by atoms with Crippen molar-refractivity contribution in [2.45, 2.75) is 0 Å². The van der Waals surface area contributed by atoms with Gasteiger partial charge in [-0.25, -0.2) is 0 Å². The van der Waals surface area contributed by atoms with Crippen molar-refractivity contribution in [2.24, 2.45) is 0 Å². The van der Waals surface area contributed by atoms with E-state index in [-0.39, 0.29) is 0 Å². The molecule has 0 unspecified atom stereocenters. The number of nitriles is 1. The van der Waals surface area contributed by atoms with E-state index < -0.39 is 0 Å². The number of benzene rings is 1. The molecule has 0 aliphatic heterocycles. The van der Waals surface area contributed by atoms with E-state index in [2.05, 4.69) is 6.07 Å².